The van der Waals surface area contributed by atoms with Crippen molar-refractivity contribution in [1.82, 2.24) is 4.90 Å². The summed E-state index contributed by atoms with van der Waals surface area (Å²) in [5.74, 6) is 1.42. The van der Waals surface area contributed by atoms with Gasteiger partial charge in [0.2, 0.25) is 5.91 Å². The normalized spacial score (nSPS) is 15.6. The first-order valence-corrected chi connectivity index (χ1v) is 8.88. The number of hydrogen-bond donors (Lipinski definition) is 1. The molecule has 0 aliphatic carbocycles. The third-order valence-electron chi connectivity index (χ3n) is 3.84. The van der Waals surface area contributed by atoms with Crippen molar-refractivity contribution >= 4 is 22.2 Å². The molecule has 0 fully saturated rings. The molecule has 1 amide bonds. The van der Waals surface area contributed by atoms with Crippen molar-refractivity contribution in [2.45, 2.75) is 12.5 Å². The first-order chi connectivity index (χ1) is 12.2. The van der Waals surface area contributed by atoms with E-state index >= 15 is 0 Å². The topological polar surface area (TPSA) is 74.6 Å². The van der Waals surface area contributed by atoms with Crippen LogP contribution in [-0.4, -0.2) is 43.7 Å². The number of rotatable bonds is 6. The number of carbonyl (C=O) groups excluding carboxylic acids is 1. The molecule has 2 heterocycles. The zero-order valence-electron chi connectivity index (χ0n) is 13.9. The van der Waals surface area contributed by atoms with E-state index in [-0.39, 0.29) is 12.0 Å². The smallest absolute Gasteiger partial charge is 0.226 e. The number of anilines is 1. The number of likely N-dealkylation sites (N-methyl/N-ethyl adjacent to an activating group) is 1. The van der Waals surface area contributed by atoms with Crippen molar-refractivity contribution in [1.29, 1.82) is 5.26 Å². The quantitative estimate of drug-likeness (QED) is 0.860. The maximum Gasteiger partial charge on any atom is 0.226 e. The minimum Gasteiger partial charge on any atom is -0.486 e. The van der Waals surface area contributed by atoms with Crippen LogP contribution in [0.15, 0.2) is 35.7 Å². The summed E-state index contributed by atoms with van der Waals surface area (Å²) >= 11 is 1.35. The SMILES string of the molecule is CN(CCC(=O)Nc1sccc1C#N)C[C@@H]1COc2ccccc2O1. The zero-order valence-corrected chi connectivity index (χ0v) is 14.7. The molecule has 1 aromatic heterocycles. The van der Waals surface area contributed by atoms with Crippen molar-refractivity contribution in [2.75, 3.05) is 32.1 Å². The summed E-state index contributed by atoms with van der Waals surface area (Å²) in [5, 5.41) is 14.1. The van der Waals surface area contributed by atoms with Gasteiger partial charge in [0, 0.05) is 19.5 Å². The van der Waals surface area contributed by atoms with E-state index in [9.17, 15) is 4.79 Å². The molecule has 6 nitrogen and oxygen atoms in total. The van der Waals surface area contributed by atoms with E-state index in [1.54, 1.807) is 11.4 Å². The number of fused-ring (bicyclic) bond motifs is 1. The highest BCUT2D eigenvalue weighted by molar-refractivity contribution is 7.14. The molecule has 1 aliphatic heterocycles. The second-order valence-corrected chi connectivity index (χ2v) is 6.75. The van der Waals surface area contributed by atoms with Crippen molar-refractivity contribution in [3.05, 3.63) is 41.3 Å². The van der Waals surface area contributed by atoms with Gasteiger partial charge in [-0.15, -0.1) is 11.3 Å². The van der Waals surface area contributed by atoms with E-state index in [0.717, 1.165) is 11.5 Å². The van der Waals surface area contributed by atoms with E-state index in [4.69, 9.17) is 14.7 Å². The molecule has 0 spiro atoms. The van der Waals surface area contributed by atoms with Crippen LogP contribution < -0.4 is 14.8 Å². The fraction of sp³-hybridized carbons (Fsp3) is 0.333. The maximum atomic E-state index is 12.0. The molecule has 0 radical (unpaired) electrons. The van der Waals surface area contributed by atoms with Gasteiger partial charge in [0.05, 0.1) is 5.56 Å². The zero-order chi connectivity index (χ0) is 17.6. The number of nitrogens with zero attached hydrogens (tertiary/aromatic N) is 2. The molecule has 3 rings (SSSR count). The highest BCUT2D eigenvalue weighted by Gasteiger charge is 2.22. The Morgan fingerprint density at radius 1 is 1.40 bits per heavy atom. The van der Waals surface area contributed by atoms with Crippen LogP contribution in [0.5, 0.6) is 11.5 Å². The minimum absolute atomic E-state index is 0.0644. The van der Waals surface area contributed by atoms with Crippen molar-refractivity contribution in [2.24, 2.45) is 0 Å². The summed E-state index contributed by atoms with van der Waals surface area (Å²) in [6, 6.07) is 11.4. The molecule has 1 atom stereocenters. The van der Waals surface area contributed by atoms with Gasteiger partial charge in [0.25, 0.3) is 0 Å². The highest BCUT2D eigenvalue weighted by atomic mass is 32.1. The molecule has 1 aromatic carbocycles. The van der Waals surface area contributed by atoms with Crippen LogP contribution in [0.25, 0.3) is 0 Å². The lowest BCUT2D eigenvalue weighted by atomic mass is 10.2. The van der Waals surface area contributed by atoms with Crippen LogP contribution >= 0.6 is 11.3 Å². The fourth-order valence-electron chi connectivity index (χ4n) is 2.57. The predicted molar refractivity (Wildman–Crippen MR) is 96.1 cm³/mol. The van der Waals surface area contributed by atoms with Gasteiger partial charge in [-0.3, -0.25) is 4.79 Å². The van der Waals surface area contributed by atoms with Crippen LogP contribution in [0, 0.1) is 11.3 Å². The van der Waals surface area contributed by atoms with Crippen molar-refractivity contribution < 1.29 is 14.3 Å². The van der Waals surface area contributed by atoms with Crippen LogP contribution in [0.4, 0.5) is 5.00 Å². The molecule has 0 bridgehead atoms. The van der Waals surface area contributed by atoms with Gasteiger partial charge in [0.15, 0.2) is 11.5 Å². The van der Waals surface area contributed by atoms with E-state index in [1.807, 2.05) is 36.2 Å². The number of thiophene rings is 1. The number of hydrogen-bond acceptors (Lipinski definition) is 6. The van der Waals surface area contributed by atoms with Gasteiger partial charge in [0.1, 0.15) is 23.8 Å². The molecule has 2 aromatic rings. The molecule has 0 unspecified atom stereocenters. The number of benzene rings is 1. The fourth-order valence-corrected chi connectivity index (χ4v) is 3.32. The second kappa shape index (κ2) is 8.01. The van der Waals surface area contributed by atoms with E-state index < -0.39 is 0 Å². The Kier molecular flexibility index (Phi) is 5.53. The standard InChI is InChI=1S/C18H19N3O3S/c1-21(8-6-17(22)20-18-13(10-19)7-9-25-18)11-14-12-23-15-4-2-3-5-16(15)24-14/h2-5,7,9,14H,6,8,11-12H2,1H3,(H,20,22)/t14-/m1/s1. The summed E-state index contributed by atoms with van der Waals surface area (Å²) in [7, 11) is 1.95. The summed E-state index contributed by atoms with van der Waals surface area (Å²) in [4.78, 5) is 14.1. The molecule has 1 N–H and O–H groups in total. The lowest BCUT2D eigenvalue weighted by Gasteiger charge is -2.29. The Bertz CT molecular complexity index is 784. The first kappa shape index (κ1) is 17.3. The van der Waals surface area contributed by atoms with E-state index in [2.05, 4.69) is 11.4 Å². The third-order valence-corrected chi connectivity index (χ3v) is 4.67. The number of nitrogens with one attached hydrogen (secondary N) is 1. The first-order valence-electron chi connectivity index (χ1n) is 8.00. The van der Waals surface area contributed by atoms with E-state index in [0.29, 0.717) is 36.7 Å². The average molecular weight is 357 g/mol. The largest absolute Gasteiger partial charge is 0.486 e. The Hall–Kier alpha value is -2.56. The van der Waals surface area contributed by atoms with Crippen LogP contribution in [0.3, 0.4) is 0 Å². The average Bonchev–Trinajstić information content (AvgIpc) is 3.07. The van der Waals surface area contributed by atoms with Gasteiger partial charge in [-0.25, -0.2) is 0 Å². The Morgan fingerprint density at radius 3 is 3.00 bits per heavy atom. The number of nitriles is 1. The van der Waals surface area contributed by atoms with Crippen LogP contribution in [0.1, 0.15) is 12.0 Å². The molecule has 1 aliphatic rings. The third kappa shape index (κ3) is 4.50. The van der Waals surface area contributed by atoms with Crippen molar-refractivity contribution in [3.63, 3.8) is 0 Å². The van der Waals surface area contributed by atoms with Gasteiger partial charge in [-0.05, 0) is 30.6 Å². The van der Waals surface area contributed by atoms with Gasteiger partial charge in [-0.2, -0.15) is 5.26 Å². The Balaban J connectivity index is 1.43. The molecule has 7 heteroatoms. The lowest BCUT2D eigenvalue weighted by molar-refractivity contribution is -0.116. The number of carbonyl (C=O) groups is 1. The van der Waals surface area contributed by atoms with Gasteiger partial charge >= 0.3 is 0 Å². The monoisotopic (exact) mass is 357 g/mol. The number of amides is 1. The summed E-state index contributed by atoms with van der Waals surface area (Å²) in [6.45, 7) is 1.76. The van der Waals surface area contributed by atoms with Gasteiger partial charge < -0.3 is 19.7 Å². The Morgan fingerprint density at radius 2 is 2.20 bits per heavy atom. The summed E-state index contributed by atoms with van der Waals surface area (Å²) in [5.41, 5.74) is 0.498. The Labute approximate surface area is 150 Å². The number of para-hydroxylation sites is 2. The second-order valence-electron chi connectivity index (χ2n) is 5.83. The van der Waals surface area contributed by atoms with Crippen molar-refractivity contribution in [3.8, 4) is 17.6 Å². The maximum absolute atomic E-state index is 12.0. The number of ether oxygens (including phenoxy) is 2. The van der Waals surface area contributed by atoms with E-state index in [1.165, 1.54) is 11.3 Å². The molecule has 130 valence electrons. The van der Waals surface area contributed by atoms with Crippen LogP contribution in [-0.2, 0) is 4.79 Å². The molecule has 0 saturated carbocycles. The summed E-state index contributed by atoms with van der Waals surface area (Å²) < 4.78 is 11.6. The highest BCUT2D eigenvalue weighted by Crippen LogP contribution is 2.31. The lowest BCUT2D eigenvalue weighted by Crippen LogP contribution is -2.40. The molecule has 25 heavy (non-hydrogen) atoms. The van der Waals surface area contributed by atoms with Gasteiger partial charge in [-0.1, -0.05) is 12.1 Å². The molecular weight excluding hydrogens is 338 g/mol. The molecular formula is C18H19N3O3S. The molecule has 0 saturated heterocycles. The minimum atomic E-state index is -0.100. The predicted octanol–water partition coefficient (Wildman–Crippen LogP) is 2.72. The summed E-state index contributed by atoms with van der Waals surface area (Å²) in [6.07, 6.45) is 0.286. The van der Waals surface area contributed by atoms with Crippen LogP contribution in [0.2, 0.25) is 0 Å².